The summed E-state index contributed by atoms with van der Waals surface area (Å²) in [7, 11) is 3.38. The van der Waals surface area contributed by atoms with Crippen molar-refractivity contribution in [3.8, 4) is 0 Å². The Labute approximate surface area is 116 Å². The zero-order valence-corrected chi connectivity index (χ0v) is 12.5. The fraction of sp³-hybridized carbons (Fsp3) is 0.846. The Hall–Kier alpha value is -1.14. The smallest absolute Gasteiger partial charge is 0.302 e. The molecule has 1 saturated heterocycles. The van der Waals surface area contributed by atoms with Crippen LogP contribution in [0.1, 0.15) is 26.7 Å². The monoisotopic (exact) mass is 277 g/mol. The molecular formula is C13H27NO5. The Morgan fingerprint density at radius 1 is 1.26 bits per heavy atom. The summed E-state index contributed by atoms with van der Waals surface area (Å²) in [5.74, 6) is -0.255. The number of nitrogens with zero attached hydrogens (tertiary/aromatic N) is 1. The number of esters is 1. The molecule has 0 bridgehead atoms. The SMILES string of the molecule is C1CCOC1.CCOCCOC(C)=O.CN(C)C=O. The van der Waals surface area contributed by atoms with Gasteiger partial charge in [0.25, 0.3) is 0 Å². The standard InChI is InChI=1S/C6H12O3.C4H8O.C3H7NO/c1-3-8-4-5-9-6(2)7;1-2-4-5-3-1;1-4(2)3-5/h3-5H2,1-2H3;1-4H2;3H,1-2H3. The summed E-state index contributed by atoms with van der Waals surface area (Å²) in [4.78, 5) is 21.0. The predicted molar refractivity (Wildman–Crippen MR) is 72.9 cm³/mol. The zero-order chi connectivity index (χ0) is 14.9. The van der Waals surface area contributed by atoms with Gasteiger partial charge in [0.2, 0.25) is 6.41 Å². The summed E-state index contributed by atoms with van der Waals surface area (Å²) >= 11 is 0. The minimum absolute atomic E-state index is 0.255. The minimum atomic E-state index is -0.255. The molecule has 1 aliphatic rings. The van der Waals surface area contributed by atoms with Gasteiger partial charge >= 0.3 is 5.97 Å². The average Bonchev–Trinajstić information content (AvgIpc) is 2.94. The minimum Gasteiger partial charge on any atom is -0.463 e. The number of hydrogen-bond donors (Lipinski definition) is 0. The quantitative estimate of drug-likeness (QED) is 0.427. The number of rotatable bonds is 5. The summed E-state index contributed by atoms with van der Waals surface area (Å²) in [5.41, 5.74) is 0. The highest BCUT2D eigenvalue weighted by molar-refractivity contribution is 5.65. The van der Waals surface area contributed by atoms with Crippen LogP contribution in [0.15, 0.2) is 0 Å². The van der Waals surface area contributed by atoms with E-state index in [1.54, 1.807) is 14.1 Å². The molecule has 0 N–H and O–H groups in total. The van der Waals surface area contributed by atoms with Crippen LogP contribution >= 0.6 is 0 Å². The fourth-order valence-corrected chi connectivity index (χ4v) is 0.899. The van der Waals surface area contributed by atoms with E-state index in [0.29, 0.717) is 19.8 Å². The first-order valence-corrected chi connectivity index (χ1v) is 6.45. The first-order valence-electron chi connectivity index (χ1n) is 6.45. The molecule has 0 unspecified atom stereocenters. The zero-order valence-electron chi connectivity index (χ0n) is 12.5. The summed E-state index contributed by atoms with van der Waals surface area (Å²) < 4.78 is 14.4. The van der Waals surface area contributed by atoms with Gasteiger partial charge in [-0.2, -0.15) is 0 Å². The van der Waals surface area contributed by atoms with Crippen molar-refractivity contribution in [1.29, 1.82) is 0 Å². The van der Waals surface area contributed by atoms with Crippen molar-refractivity contribution in [2.75, 3.05) is 47.1 Å². The average molecular weight is 277 g/mol. The number of carbonyl (C=O) groups is 2. The van der Waals surface area contributed by atoms with Gasteiger partial charge in [-0.25, -0.2) is 0 Å². The van der Waals surface area contributed by atoms with E-state index in [4.69, 9.17) is 9.47 Å². The van der Waals surface area contributed by atoms with Crippen molar-refractivity contribution < 1.29 is 23.8 Å². The molecule has 0 aromatic carbocycles. The molecule has 6 heteroatoms. The van der Waals surface area contributed by atoms with Gasteiger partial charge in [-0.05, 0) is 19.8 Å². The van der Waals surface area contributed by atoms with E-state index in [1.807, 2.05) is 6.92 Å². The molecular weight excluding hydrogens is 250 g/mol. The highest BCUT2D eigenvalue weighted by atomic mass is 16.6. The van der Waals surface area contributed by atoms with Crippen LogP contribution in [0.5, 0.6) is 0 Å². The second-order valence-corrected chi connectivity index (χ2v) is 3.93. The van der Waals surface area contributed by atoms with Crippen LogP contribution in [-0.2, 0) is 23.8 Å². The van der Waals surface area contributed by atoms with E-state index in [-0.39, 0.29) is 5.97 Å². The highest BCUT2D eigenvalue weighted by Crippen LogP contribution is 1.98. The lowest BCUT2D eigenvalue weighted by Gasteiger charge is -1.99. The summed E-state index contributed by atoms with van der Waals surface area (Å²) in [6.07, 6.45) is 3.31. The molecule has 1 amide bonds. The van der Waals surface area contributed by atoms with Crippen LogP contribution in [0.25, 0.3) is 0 Å². The molecule has 0 saturated carbocycles. The van der Waals surface area contributed by atoms with E-state index in [0.717, 1.165) is 19.6 Å². The van der Waals surface area contributed by atoms with Crippen molar-refractivity contribution in [2.24, 2.45) is 0 Å². The van der Waals surface area contributed by atoms with Gasteiger partial charge in [-0.15, -0.1) is 0 Å². The van der Waals surface area contributed by atoms with E-state index in [2.05, 4.69) is 4.74 Å². The van der Waals surface area contributed by atoms with Crippen LogP contribution in [0, 0.1) is 0 Å². The maximum absolute atomic E-state index is 10.1. The third-order valence-corrected chi connectivity index (χ3v) is 1.78. The van der Waals surface area contributed by atoms with Crippen molar-refractivity contribution in [2.45, 2.75) is 26.7 Å². The van der Waals surface area contributed by atoms with Crippen LogP contribution < -0.4 is 0 Å². The molecule has 0 aromatic heterocycles. The fourth-order valence-electron chi connectivity index (χ4n) is 0.899. The third-order valence-electron chi connectivity index (χ3n) is 1.78. The molecule has 0 atom stereocenters. The lowest BCUT2D eigenvalue weighted by molar-refractivity contribution is -0.142. The lowest BCUT2D eigenvalue weighted by atomic mass is 10.4. The maximum atomic E-state index is 10.1. The molecule has 1 heterocycles. The number of amides is 1. The Morgan fingerprint density at radius 2 is 1.79 bits per heavy atom. The van der Waals surface area contributed by atoms with Crippen molar-refractivity contribution in [1.82, 2.24) is 4.90 Å². The normalized spacial score (nSPS) is 12.4. The van der Waals surface area contributed by atoms with Crippen molar-refractivity contribution >= 4 is 12.4 Å². The Balaban J connectivity index is 0. The molecule has 0 radical (unpaired) electrons. The topological polar surface area (TPSA) is 65.1 Å². The largest absolute Gasteiger partial charge is 0.463 e. The van der Waals surface area contributed by atoms with Gasteiger partial charge < -0.3 is 19.1 Å². The van der Waals surface area contributed by atoms with Gasteiger partial charge in [0, 0.05) is 40.8 Å². The van der Waals surface area contributed by atoms with Crippen molar-refractivity contribution in [3.63, 3.8) is 0 Å². The second-order valence-electron chi connectivity index (χ2n) is 3.93. The van der Waals surface area contributed by atoms with Crippen molar-refractivity contribution in [3.05, 3.63) is 0 Å². The molecule has 0 spiro atoms. The van der Waals surface area contributed by atoms with Gasteiger partial charge in [0.05, 0.1) is 6.61 Å². The highest BCUT2D eigenvalue weighted by Gasteiger charge is 1.94. The van der Waals surface area contributed by atoms with Crippen LogP contribution in [-0.4, -0.2) is 64.4 Å². The Morgan fingerprint density at radius 3 is 2.05 bits per heavy atom. The molecule has 0 aliphatic carbocycles. The van der Waals surface area contributed by atoms with Crippen LogP contribution in [0.2, 0.25) is 0 Å². The molecule has 19 heavy (non-hydrogen) atoms. The van der Waals surface area contributed by atoms with Gasteiger partial charge in [-0.1, -0.05) is 0 Å². The molecule has 0 aromatic rings. The van der Waals surface area contributed by atoms with E-state index in [9.17, 15) is 9.59 Å². The number of carbonyl (C=O) groups excluding carboxylic acids is 2. The van der Waals surface area contributed by atoms with E-state index >= 15 is 0 Å². The first kappa shape index (κ1) is 20.2. The van der Waals surface area contributed by atoms with Gasteiger partial charge in [0.15, 0.2) is 0 Å². The van der Waals surface area contributed by atoms with E-state index in [1.165, 1.54) is 24.7 Å². The van der Waals surface area contributed by atoms with Gasteiger partial charge in [-0.3, -0.25) is 9.59 Å². The summed E-state index contributed by atoms with van der Waals surface area (Å²) in [6.45, 7) is 6.81. The van der Waals surface area contributed by atoms with Crippen LogP contribution in [0.3, 0.4) is 0 Å². The first-order chi connectivity index (χ1) is 9.04. The number of hydrogen-bond acceptors (Lipinski definition) is 5. The molecule has 1 rings (SSSR count). The molecule has 114 valence electrons. The summed E-state index contributed by atoms with van der Waals surface area (Å²) in [5, 5.41) is 0. The third kappa shape index (κ3) is 26.5. The van der Waals surface area contributed by atoms with Crippen LogP contribution in [0.4, 0.5) is 0 Å². The second kappa shape index (κ2) is 16.9. The summed E-state index contributed by atoms with van der Waals surface area (Å²) in [6, 6.07) is 0. The Bertz CT molecular complexity index is 198. The van der Waals surface area contributed by atoms with E-state index < -0.39 is 0 Å². The maximum Gasteiger partial charge on any atom is 0.302 e. The predicted octanol–water partition coefficient (Wildman–Crippen LogP) is 1.09. The molecule has 1 fully saturated rings. The molecule has 6 nitrogen and oxygen atoms in total. The molecule has 1 aliphatic heterocycles. The lowest BCUT2D eigenvalue weighted by Crippen LogP contribution is -2.06. The Kier molecular flexibility index (Phi) is 17.9. The van der Waals surface area contributed by atoms with Gasteiger partial charge in [0.1, 0.15) is 6.61 Å². The number of ether oxygens (including phenoxy) is 3.